The smallest absolute Gasteiger partial charge is 0.248 e. The number of nitrogens with zero attached hydrogens (tertiary/aromatic N) is 1. The van der Waals surface area contributed by atoms with E-state index in [1.54, 1.807) is 17.4 Å². The molecule has 1 aromatic carbocycles. The van der Waals surface area contributed by atoms with E-state index in [0.717, 1.165) is 22.0 Å². The Hall–Kier alpha value is -2.20. The fourth-order valence-electron chi connectivity index (χ4n) is 1.66. The first-order valence-electron chi connectivity index (χ1n) is 6.32. The summed E-state index contributed by atoms with van der Waals surface area (Å²) in [6.07, 6.45) is 6.89. The lowest BCUT2D eigenvalue weighted by Crippen LogP contribution is -2.07. The third-order valence-corrected chi connectivity index (χ3v) is 3.39. The second-order valence-electron chi connectivity index (χ2n) is 4.20. The summed E-state index contributed by atoms with van der Waals surface area (Å²) in [6.45, 7) is 3.89. The van der Waals surface area contributed by atoms with Gasteiger partial charge >= 0.3 is 0 Å². The number of carbonyl (C=O) groups excluding carboxylic acids is 1. The van der Waals surface area contributed by atoms with Crippen LogP contribution >= 0.6 is 11.3 Å². The number of allylic oxidation sites excluding steroid dienone is 3. The zero-order valence-corrected chi connectivity index (χ0v) is 12.3. The Morgan fingerprint density at radius 2 is 2.00 bits per heavy atom. The van der Waals surface area contributed by atoms with E-state index < -0.39 is 0 Å². The normalized spacial score (nSPS) is 11.3. The van der Waals surface area contributed by atoms with Crippen LogP contribution in [0.5, 0.6) is 0 Å². The SMILES string of the molecule is C/C=C/C=C/C(=O)Nc1ccc(-c2csc(C)n2)cc1. The monoisotopic (exact) mass is 284 g/mol. The van der Waals surface area contributed by atoms with Gasteiger partial charge < -0.3 is 5.32 Å². The van der Waals surface area contributed by atoms with E-state index in [1.165, 1.54) is 6.08 Å². The van der Waals surface area contributed by atoms with E-state index in [4.69, 9.17) is 0 Å². The van der Waals surface area contributed by atoms with Gasteiger partial charge in [0.05, 0.1) is 10.7 Å². The van der Waals surface area contributed by atoms with E-state index in [-0.39, 0.29) is 5.91 Å². The average Bonchev–Trinajstić information content (AvgIpc) is 2.86. The van der Waals surface area contributed by atoms with Crippen molar-refractivity contribution in [2.24, 2.45) is 0 Å². The highest BCUT2D eigenvalue weighted by atomic mass is 32.1. The number of benzene rings is 1. The van der Waals surface area contributed by atoms with Crippen LogP contribution < -0.4 is 5.32 Å². The molecule has 0 aliphatic carbocycles. The molecule has 0 bridgehead atoms. The lowest BCUT2D eigenvalue weighted by molar-refractivity contribution is -0.111. The van der Waals surface area contributed by atoms with Crippen molar-refractivity contribution in [3.63, 3.8) is 0 Å². The van der Waals surface area contributed by atoms with Gasteiger partial charge in [-0.3, -0.25) is 4.79 Å². The Balaban J connectivity index is 2.03. The van der Waals surface area contributed by atoms with Gasteiger partial charge in [0.15, 0.2) is 0 Å². The molecule has 1 heterocycles. The third-order valence-electron chi connectivity index (χ3n) is 2.62. The molecule has 0 saturated carbocycles. The highest BCUT2D eigenvalue weighted by Crippen LogP contribution is 2.22. The van der Waals surface area contributed by atoms with Gasteiger partial charge in [0.25, 0.3) is 0 Å². The molecule has 0 aliphatic rings. The van der Waals surface area contributed by atoms with Gasteiger partial charge in [-0.15, -0.1) is 11.3 Å². The zero-order valence-electron chi connectivity index (χ0n) is 11.5. The molecule has 2 aromatic rings. The fraction of sp³-hybridized carbons (Fsp3) is 0.125. The quantitative estimate of drug-likeness (QED) is 0.675. The van der Waals surface area contributed by atoms with Gasteiger partial charge in [0.1, 0.15) is 0 Å². The van der Waals surface area contributed by atoms with Gasteiger partial charge in [-0.05, 0) is 26.0 Å². The lowest BCUT2D eigenvalue weighted by Gasteiger charge is -2.03. The first-order chi connectivity index (χ1) is 9.69. The maximum Gasteiger partial charge on any atom is 0.248 e. The predicted octanol–water partition coefficient (Wildman–Crippen LogP) is 4.19. The molecule has 1 amide bonds. The van der Waals surface area contributed by atoms with E-state index in [2.05, 4.69) is 10.3 Å². The van der Waals surface area contributed by atoms with Crippen molar-refractivity contribution in [3.8, 4) is 11.3 Å². The van der Waals surface area contributed by atoms with Gasteiger partial charge in [0.2, 0.25) is 5.91 Å². The summed E-state index contributed by atoms with van der Waals surface area (Å²) in [6, 6.07) is 7.68. The zero-order chi connectivity index (χ0) is 14.4. The number of rotatable bonds is 4. The summed E-state index contributed by atoms with van der Waals surface area (Å²) >= 11 is 1.63. The number of aryl methyl sites for hydroxylation is 1. The molecule has 1 N–H and O–H groups in total. The van der Waals surface area contributed by atoms with E-state index in [1.807, 2.05) is 55.6 Å². The number of hydrogen-bond donors (Lipinski definition) is 1. The van der Waals surface area contributed by atoms with Gasteiger partial charge in [0, 0.05) is 22.7 Å². The molecule has 0 unspecified atom stereocenters. The molecule has 4 heteroatoms. The van der Waals surface area contributed by atoms with Gasteiger partial charge in [-0.25, -0.2) is 4.98 Å². The van der Waals surface area contributed by atoms with Crippen LogP contribution in [0.15, 0.2) is 53.9 Å². The van der Waals surface area contributed by atoms with Crippen molar-refractivity contribution in [1.82, 2.24) is 4.98 Å². The van der Waals surface area contributed by atoms with Crippen molar-refractivity contribution in [3.05, 3.63) is 59.0 Å². The van der Waals surface area contributed by atoms with Crippen LogP contribution in [-0.4, -0.2) is 10.9 Å². The molecule has 0 fully saturated rings. The van der Waals surface area contributed by atoms with Crippen LogP contribution in [0.1, 0.15) is 11.9 Å². The predicted molar refractivity (Wildman–Crippen MR) is 84.9 cm³/mol. The molecule has 2 rings (SSSR count). The number of anilines is 1. The van der Waals surface area contributed by atoms with Crippen LogP contribution in [0.3, 0.4) is 0 Å². The van der Waals surface area contributed by atoms with Crippen molar-refractivity contribution < 1.29 is 4.79 Å². The number of hydrogen-bond acceptors (Lipinski definition) is 3. The van der Waals surface area contributed by atoms with Gasteiger partial charge in [-0.2, -0.15) is 0 Å². The molecule has 20 heavy (non-hydrogen) atoms. The molecule has 3 nitrogen and oxygen atoms in total. The Morgan fingerprint density at radius 1 is 1.25 bits per heavy atom. The third kappa shape index (κ3) is 3.90. The van der Waals surface area contributed by atoms with Crippen molar-refractivity contribution in [2.75, 3.05) is 5.32 Å². The molecule has 0 saturated heterocycles. The van der Waals surface area contributed by atoms with E-state index in [9.17, 15) is 4.79 Å². The second kappa shape index (κ2) is 6.82. The van der Waals surface area contributed by atoms with E-state index >= 15 is 0 Å². The minimum absolute atomic E-state index is 0.139. The minimum Gasteiger partial charge on any atom is -0.323 e. The summed E-state index contributed by atoms with van der Waals surface area (Å²) in [7, 11) is 0. The fourth-order valence-corrected chi connectivity index (χ4v) is 2.28. The molecule has 0 spiro atoms. The number of amides is 1. The summed E-state index contributed by atoms with van der Waals surface area (Å²) in [5.41, 5.74) is 2.80. The number of aromatic nitrogens is 1. The molecular weight excluding hydrogens is 268 g/mol. The Labute approximate surface area is 122 Å². The summed E-state index contributed by atoms with van der Waals surface area (Å²) < 4.78 is 0. The number of nitrogens with one attached hydrogen (secondary N) is 1. The Bertz CT molecular complexity index is 639. The summed E-state index contributed by atoms with van der Waals surface area (Å²) in [5, 5.41) is 5.89. The molecular formula is C16H16N2OS. The molecule has 1 aromatic heterocycles. The van der Waals surface area contributed by atoms with E-state index in [0.29, 0.717) is 0 Å². The number of thiazole rings is 1. The highest BCUT2D eigenvalue weighted by Gasteiger charge is 2.02. The average molecular weight is 284 g/mol. The van der Waals surface area contributed by atoms with Crippen molar-refractivity contribution in [1.29, 1.82) is 0 Å². The summed E-state index contributed by atoms with van der Waals surface area (Å²) in [5.74, 6) is -0.139. The van der Waals surface area contributed by atoms with Crippen LogP contribution in [0.2, 0.25) is 0 Å². The van der Waals surface area contributed by atoms with Gasteiger partial charge in [-0.1, -0.05) is 30.4 Å². The van der Waals surface area contributed by atoms with Crippen LogP contribution in [0.25, 0.3) is 11.3 Å². The van der Waals surface area contributed by atoms with Crippen LogP contribution in [0, 0.1) is 6.92 Å². The molecule has 0 atom stereocenters. The second-order valence-corrected chi connectivity index (χ2v) is 5.27. The maximum atomic E-state index is 11.6. The molecule has 0 radical (unpaired) electrons. The topological polar surface area (TPSA) is 42.0 Å². The van der Waals surface area contributed by atoms with Crippen molar-refractivity contribution in [2.45, 2.75) is 13.8 Å². The number of carbonyl (C=O) groups is 1. The standard InChI is InChI=1S/C16H16N2OS/c1-3-4-5-6-16(19)18-14-9-7-13(8-10-14)15-11-20-12(2)17-15/h3-11H,1-2H3,(H,18,19)/b4-3+,6-5+. The lowest BCUT2D eigenvalue weighted by atomic mass is 10.1. The molecule has 102 valence electrons. The van der Waals surface area contributed by atoms with Crippen LogP contribution in [0.4, 0.5) is 5.69 Å². The van der Waals surface area contributed by atoms with Crippen molar-refractivity contribution >= 4 is 22.9 Å². The Morgan fingerprint density at radius 3 is 2.60 bits per heavy atom. The minimum atomic E-state index is -0.139. The largest absolute Gasteiger partial charge is 0.323 e. The Kier molecular flexibility index (Phi) is 4.85. The van der Waals surface area contributed by atoms with Crippen LogP contribution in [-0.2, 0) is 4.79 Å². The summed E-state index contributed by atoms with van der Waals surface area (Å²) in [4.78, 5) is 16.0. The maximum absolute atomic E-state index is 11.6. The first kappa shape index (κ1) is 14.2. The molecule has 0 aliphatic heterocycles. The highest BCUT2D eigenvalue weighted by molar-refractivity contribution is 7.09. The first-order valence-corrected chi connectivity index (χ1v) is 7.20.